The average Bonchev–Trinajstić information content (AvgIpc) is 2.89. The first-order valence-electron chi connectivity index (χ1n) is 8.63. The zero-order valence-electron chi connectivity index (χ0n) is 14.1. The summed E-state index contributed by atoms with van der Waals surface area (Å²) in [6.07, 6.45) is 3.82. The van der Waals surface area contributed by atoms with Crippen LogP contribution >= 0.6 is 0 Å². The summed E-state index contributed by atoms with van der Waals surface area (Å²) < 4.78 is 19.9. The molecule has 0 N–H and O–H groups in total. The highest BCUT2D eigenvalue weighted by molar-refractivity contribution is 5.95. The van der Waals surface area contributed by atoms with Gasteiger partial charge in [-0.25, -0.2) is 14.2 Å². The molecule has 5 nitrogen and oxygen atoms in total. The molecule has 0 fully saturated rings. The number of fused-ring (bicyclic) bond motifs is 2. The number of aryl methyl sites for hydroxylation is 1. The Bertz CT molecular complexity index is 1040. The Kier molecular flexibility index (Phi) is 4.24. The fourth-order valence-corrected chi connectivity index (χ4v) is 3.21. The van der Waals surface area contributed by atoms with Crippen molar-refractivity contribution in [2.24, 2.45) is 0 Å². The lowest BCUT2D eigenvalue weighted by Crippen LogP contribution is -2.24. The molecule has 6 heteroatoms. The number of hydrogen-bond acceptors (Lipinski definition) is 4. The monoisotopic (exact) mass is 352 g/mol. The summed E-state index contributed by atoms with van der Waals surface area (Å²) in [4.78, 5) is 29.6. The third-order valence-corrected chi connectivity index (χ3v) is 4.58. The van der Waals surface area contributed by atoms with Crippen LogP contribution in [0, 0.1) is 5.82 Å². The van der Waals surface area contributed by atoms with Crippen LogP contribution in [0.25, 0.3) is 10.9 Å². The third kappa shape index (κ3) is 3.10. The first kappa shape index (κ1) is 16.4. The van der Waals surface area contributed by atoms with Crippen molar-refractivity contribution in [1.29, 1.82) is 0 Å². The van der Waals surface area contributed by atoms with Gasteiger partial charge in [-0.05, 0) is 55.3 Å². The Labute approximate surface area is 149 Å². The van der Waals surface area contributed by atoms with Crippen molar-refractivity contribution in [3.8, 4) is 5.75 Å². The molecule has 0 atom stereocenters. The highest BCUT2D eigenvalue weighted by Gasteiger charge is 2.16. The molecule has 1 aliphatic rings. The quantitative estimate of drug-likeness (QED) is 0.523. The lowest BCUT2D eigenvalue weighted by Gasteiger charge is -2.11. The van der Waals surface area contributed by atoms with Crippen molar-refractivity contribution in [3.63, 3.8) is 0 Å². The first-order valence-corrected chi connectivity index (χ1v) is 8.63. The average molecular weight is 352 g/mol. The van der Waals surface area contributed by atoms with Crippen molar-refractivity contribution in [1.82, 2.24) is 9.55 Å². The summed E-state index contributed by atoms with van der Waals surface area (Å²) in [5, 5.41) is 0.494. The predicted octanol–water partition coefficient (Wildman–Crippen LogP) is 3.48. The molecular formula is C20H17FN2O3. The number of carbonyl (C=O) groups is 1. The van der Waals surface area contributed by atoms with Crippen LogP contribution < -0.4 is 10.3 Å². The van der Waals surface area contributed by atoms with Gasteiger partial charge in [-0.1, -0.05) is 6.42 Å². The molecule has 0 unspecified atom stereocenters. The lowest BCUT2D eigenvalue weighted by molar-refractivity contribution is 0.0734. The van der Waals surface area contributed by atoms with Crippen LogP contribution in [0.1, 0.15) is 35.4 Å². The first-order chi connectivity index (χ1) is 12.6. The number of carbonyl (C=O) groups excluding carboxylic acids is 1. The Hall–Kier alpha value is -3.02. The van der Waals surface area contributed by atoms with Gasteiger partial charge in [0, 0.05) is 13.0 Å². The van der Waals surface area contributed by atoms with Crippen LogP contribution in [-0.4, -0.2) is 15.5 Å². The second-order valence-electron chi connectivity index (χ2n) is 6.37. The summed E-state index contributed by atoms with van der Waals surface area (Å²) in [7, 11) is 0. The van der Waals surface area contributed by atoms with Crippen molar-refractivity contribution >= 4 is 16.9 Å². The van der Waals surface area contributed by atoms with Crippen molar-refractivity contribution in [2.45, 2.75) is 32.2 Å². The molecule has 0 amide bonds. The number of hydrogen-bond donors (Lipinski definition) is 0. The van der Waals surface area contributed by atoms with Gasteiger partial charge >= 0.3 is 5.97 Å². The fourth-order valence-electron chi connectivity index (χ4n) is 3.21. The van der Waals surface area contributed by atoms with Crippen molar-refractivity contribution in [2.75, 3.05) is 0 Å². The molecule has 4 rings (SSSR count). The van der Waals surface area contributed by atoms with Crippen LogP contribution in [0.5, 0.6) is 5.75 Å². The van der Waals surface area contributed by atoms with Gasteiger partial charge in [0.1, 0.15) is 17.4 Å². The molecule has 1 aliphatic heterocycles. The van der Waals surface area contributed by atoms with Crippen LogP contribution in [0.15, 0.2) is 47.3 Å². The standard InChI is InChI=1S/C20H17FN2O3/c21-14-6-8-15(9-7-14)26-20(25)13-5-10-16-17(12-13)22-18-4-2-1-3-11-23(18)19(16)24/h5-10,12H,1-4,11H2. The highest BCUT2D eigenvalue weighted by atomic mass is 19.1. The number of rotatable bonds is 2. The SMILES string of the molecule is O=C(Oc1ccc(F)cc1)c1ccc2c(=O)n3c(nc2c1)CCCCC3. The lowest BCUT2D eigenvalue weighted by atomic mass is 10.1. The molecule has 132 valence electrons. The number of esters is 1. The maximum absolute atomic E-state index is 12.9. The van der Waals surface area contributed by atoms with E-state index in [0.29, 0.717) is 23.0 Å². The van der Waals surface area contributed by atoms with E-state index in [0.717, 1.165) is 31.5 Å². The molecule has 0 bridgehead atoms. The molecule has 0 aliphatic carbocycles. The zero-order chi connectivity index (χ0) is 18.1. The van der Waals surface area contributed by atoms with Gasteiger partial charge < -0.3 is 4.74 Å². The maximum Gasteiger partial charge on any atom is 0.343 e. The van der Waals surface area contributed by atoms with Gasteiger partial charge in [0.05, 0.1) is 16.5 Å². The van der Waals surface area contributed by atoms with Crippen molar-refractivity contribution < 1.29 is 13.9 Å². The minimum atomic E-state index is -0.574. The number of benzene rings is 2. The second-order valence-corrected chi connectivity index (χ2v) is 6.37. The molecule has 0 radical (unpaired) electrons. The highest BCUT2D eigenvalue weighted by Crippen LogP contribution is 2.18. The molecule has 26 heavy (non-hydrogen) atoms. The van der Waals surface area contributed by atoms with E-state index in [1.54, 1.807) is 22.8 Å². The molecule has 3 aromatic rings. The van der Waals surface area contributed by atoms with E-state index in [2.05, 4.69) is 4.98 Å². The fraction of sp³-hybridized carbons (Fsp3) is 0.250. The summed E-state index contributed by atoms with van der Waals surface area (Å²) in [5.41, 5.74) is 0.731. The number of aromatic nitrogens is 2. The number of ether oxygens (including phenoxy) is 1. The van der Waals surface area contributed by atoms with Gasteiger partial charge in [0.15, 0.2) is 0 Å². The van der Waals surface area contributed by atoms with E-state index >= 15 is 0 Å². The summed E-state index contributed by atoms with van der Waals surface area (Å²) in [6, 6.07) is 9.97. The number of nitrogens with zero attached hydrogens (tertiary/aromatic N) is 2. The minimum Gasteiger partial charge on any atom is -0.423 e. The van der Waals surface area contributed by atoms with Crippen LogP contribution in [0.3, 0.4) is 0 Å². The van der Waals surface area contributed by atoms with Gasteiger partial charge in [-0.3, -0.25) is 9.36 Å². The van der Waals surface area contributed by atoms with Crippen molar-refractivity contribution in [3.05, 3.63) is 70.0 Å². The summed E-state index contributed by atoms with van der Waals surface area (Å²) >= 11 is 0. The molecule has 2 aromatic carbocycles. The zero-order valence-corrected chi connectivity index (χ0v) is 14.1. The molecule has 1 aromatic heterocycles. The largest absolute Gasteiger partial charge is 0.423 e. The Morgan fingerprint density at radius 2 is 1.88 bits per heavy atom. The van der Waals surface area contributed by atoms with Crippen LogP contribution in [-0.2, 0) is 13.0 Å². The third-order valence-electron chi connectivity index (χ3n) is 4.58. The van der Waals surface area contributed by atoms with Gasteiger partial charge in [0.2, 0.25) is 0 Å². The molecule has 0 saturated heterocycles. The van der Waals surface area contributed by atoms with Gasteiger partial charge in [-0.15, -0.1) is 0 Å². The summed E-state index contributed by atoms with van der Waals surface area (Å²) in [6.45, 7) is 0.686. The van der Waals surface area contributed by atoms with E-state index in [-0.39, 0.29) is 11.3 Å². The number of halogens is 1. The van der Waals surface area contributed by atoms with E-state index in [9.17, 15) is 14.0 Å². The van der Waals surface area contributed by atoms with Crippen LogP contribution in [0.4, 0.5) is 4.39 Å². The van der Waals surface area contributed by atoms with E-state index < -0.39 is 11.8 Å². The molecule has 2 heterocycles. The molecule has 0 saturated carbocycles. The van der Waals surface area contributed by atoms with Crippen LogP contribution in [0.2, 0.25) is 0 Å². The van der Waals surface area contributed by atoms with E-state index in [1.807, 2.05) is 0 Å². The topological polar surface area (TPSA) is 61.2 Å². The van der Waals surface area contributed by atoms with E-state index in [4.69, 9.17) is 4.74 Å². The van der Waals surface area contributed by atoms with E-state index in [1.165, 1.54) is 24.3 Å². The minimum absolute atomic E-state index is 0.0645. The van der Waals surface area contributed by atoms with Gasteiger partial charge in [-0.2, -0.15) is 0 Å². The normalized spacial score (nSPS) is 13.9. The Morgan fingerprint density at radius 1 is 1.08 bits per heavy atom. The smallest absolute Gasteiger partial charge is 0.343 e. The Balaban J connectivity index is 1.69. The predicted molar refractivity (Wildman–Crippen MR) is 94.9 cm³/mol. The summed E-state index contributed by atoms with van der Waals surface area (Å²) in [5.74, 6) is 0.0479. The second kappa shape index (κ2) is 6.71. The molecule has 0 spiro atoms. The maximum atomic E-state index is 12.9. The Morgan fingerprint density at radius 3 is 2.69 bits per heavy atom. The van der Waals surface area contributed by atoms with Gasteiger partial charge in [0.25, 0.3) is 5.56 Å². The molecular weight excluding hydrogens is 335 g/mol.